The smallest absolute Gasteiger partial charge is 0.263 e. The molecule has 0 aliphatic heterocycles. The first kappa shape index (κ1) is 13.1. The Bertz CT molecular complexity index is 660. The number of hydrogen-bond acceptors (Lipinski definition) is 3. The second-order valence-electron chi connectivity index (χ2n) is 3.40. The highest BCUT2D eigenvalue weighted by atomic mass is 35.5. The van der Waals surface area contributed by atoms with E-state index in [1.807, 2.05) is 0 Å². The molecule has 0 saturated carbocycles. The number of sulfonamides is 1. The van der Waals surface area contributed by atoms with E-state index < -0.39 is 10.0 Å². The highest BCUT2D eigenvalue weighted by molar-refractivity contribution is 7.92. The molecule has 18 heavy (non-hydrogen) atoms. The van der Waals surface area contributed by atoms with E-state index in [2.05, 4.69) is 9.71 Å². The number of anilines is 1. The molecule has 0 bridgehead atoms. The average Bonchev–Trinajstić information content (AvgIpc) is 2.36. The van der Waals surface area contributed by atoms with Crippen LogP contribution in [-0.2, 0) is 10.0 Å². The lowest BCUT2D eigenvalue weighted by Crippen LogP contribution is -2.13. The molecule has 1 heterocycles. The predicted octanol–water partition coefficient (Wildman–Crippen LogP) is 3.19. The summed E-state index contributed by atoms with van der Waals surface area (Å²) in [5, 5.41) is 0.440. The van der Waals surface area contributed by atoms with Crippen LogP contribution in [0.3, 0.4) is 0 Å². The molecule has 0 saturated heterocycles. The van der Waals surface area contributed by atoms with Crippen molar-refractivity contribution in [2.24, 2.45) is 0 Å². The molecular weight excluding hydrogens is 295 g/mol. The summed E-state index contributed by atoms with van der Waals surface area (Å²) in [4.78, 5) is 3.81. The third-order valence-electron chi connectivity index (χ3n) is 2.14. The Morgan fingerprint density at radius 1 is 1.11 bits per heavy atom. The number of rotatable bonds is 3. The molecule has 1 aromatic carbocycles. The van der Waals surface area contributed by atoms with Crippen LogP contribution < -0.4 is 4.72 Å². The van der Waals surface area contributed by atoms with Crippen LogP contribution in [0.15, 0.2) is 47.6 Å². The maximum Gasteiger partial charge on any atom is 0.263 e. The summed E-state index contributed by atoms with van der Waals surface area (Å²) in [6.45, 7) is 0. The predicted molar refractivity (Wildman–Crippen MR) is 71.5 cm³/mol. The minimum absolute atomic E-state index is 0.0565. The van der Waals surface area contributed by atoms with E-state index in [1.165, 1.54) is 30.6 Å². The maximum atomic E-state index is 12.0. The summed E-state index contributed by atoms with van der Waals surface area (Å²) < 4.78 is 26.4. The van der Waals surface area contributed by atoms with Gasteiger partial charge in [0.25, 0.3) is 10.0 Å². The third kappa shape index (κ3) is 2.75. The number of halogens is 2. The summed E-state index contributed by atoms with van der Waals surface area (Å²) in [7, 11) is -3.71. The van der Waals surface area contributed by atoms with E-state index in [0.29, 0.717) is 0 Å². The summed E-state index contributed by atoms with van der Waals surface area (Å²) in [6, 6.07) is 7.69. The Labute approximate surface area is 115 Å². The summed E-state index contributed by atoms with van der Waals surface area (Å²) in [5.74, 6) is 0. The Morgan fingerprint density at radius 3 is 2.56 bits per heavy atom. The average molecular weight is 303 g/mol. The van der Waals surface area contributed by atoms with Crippen molar-refractivity contribution in [1.29, 1.82) is 0 Å². The highest BCUT2D eigenvalue weighted by Gasteiger charge is 2.16. The van der Waals surface area contributed by atoms with Gasteiger partial charge in [-0.1, -0.05) is 29.3 Å². The fourth-order valence-electron chi connectivity index (χ4n) is 1.29. The summed E-state index contributed by atoms with van der Waals surface area (Å²) in [5.41, 5.74) is 0.230. The Balaban J connectivity index is 2.37. The zero-order valence-electron chi connectivity index (χ0n) is 8.97. The zero-order chi connectivity index (χ0) is 13.2. The van der Waals surface area contributed by atoms with E-state index >= 15 is 0 Å². The lowest BCUT2D eigenvalue weighted by atomic mass is 10.3. The largest absolute Gasteiger partial charge is 0.278 e. The topological polar surface area (TPSA) is 59.1 Å². The number of aromatic nitrogens is 1. The number of hydrogen-bond donors (Lipinski definition) is 1. The Morgan fingerprint density at radius 2 is 1.89 bits per heavy atom. The van der Waals surface area contributed by atoms with E-state index in [1.54, 1.807) is 12.1 Å². The first-order valence-corrected chi connectivity index (χ1v) is 7.11. The SMILES string of the molecule is O=S(=O)(Nc1cccc(Cl)c1Cl)c1cccnc1. The quantitative estimate of drug-likeness (QED) is 0.947. The van der Waals surface area contributed by atoms with Crippen molar-refractivity contribution in [2.45, 2.75) is 4.90 Å². The van der Waals surface area contributed by atoms with Crippen molar-refractivity contribution in [2.75, 3.05) is 4.72 Å². The first-order valence-electron chi connectivity index (χ1n) is 4.87. The summed E-state index contributed by atoms with van der Waals surface area (Å²) in [6.07, 6.45) is 2.74. The van der Waals surface area contributed by atoms with Gasteiger partial charge in [-0.3, -0.25) is 9.71 Å². The lowest BCUT2D eigenvalue weighted by Gasteiger charge is -2.09. The van der Waals surface area contributed by atoms with Crippen LogP contribution in [0.5, 0.6) is 0 Å². The van der Waals surface area contributed by atoms with Crippen molar-refractivity contribution in [3.63, 3.8) is 0 Å². The molecular formula is C11H8Cl2N2O2S. The molecule has 0 aliphatic rings. The molecule has 0 unspecified atom stereocenters. The molecule has 7 heteroatoms. The highest BCUT2D eigenvalue weighted by Crippen LogP contribution is 2.30. The molecule has 0 spiro atoms. The number of benzene rings is 1. The normalized spacial score (nSPS) is 11.2. The molecule has 4 nitrogen and oxygen atoms in total. The fraction of sp³-hybridized carbons (Fsp3) is 0. The van der Waals surface area contributed by atoms with Crippen LogP contribution in [0.25, 0.3) is 0 Å². The third-order valence-corrected chi connectivity index (χ3v) is 4.31. The van der Waals surface area contributed by atoms with Crippen molar-refractivity contribution in [1.82, 2.24) is 4.98 Å². The number of nitrogens with one attached hydrogen (secondary N) is 1. The van der Waals surface area contributed by atoms with Gasteiger partial charge in [-0.15, -0.1) is 0 Å². The van der Waals surface area contributed by atoms with Gasteiger partial charge in [-0.25, -0.2) is 8.42 Å². The van der Waals surface area contributed by atoms with Gasteiger partial charge in [-0.2, -0.15) is 0 Å². The van der Waals surface area contributed by atoms with Crippen molar-refractivity contribution >= 4 is 38.9 Å². The number of pyridine rings is 1. The molecule has 94 valence electrons. The Kier molecular flexibility index (Phi) is 3.75. The molecule has 0 radical (unpaired) electrons. The van der Waals surface area contributed by atoms with Gasteiger partial charge in [0.05, 0.1) is 15.7 Å². The number of nitrogens with zero attached hydrogens (tertiary/aromatic N) is 1. The molecule has 1 N–H and O–H groups in total. The molecule has 0 amide bonds. The van der Waals surface area contributed by atoms with E-state index in [0.717, 1.165) is 0 Å². The van der Waals surface area contributed by atoms with Gasteiger partial charge in [-0.05, 0) is 24.3 Å². The van der Waals surface area contributed by atoms with Gasteiger partial charge in [0.2, 0.25) is 0 Å². The van der Waals surface area contributed by atoms with Crippen molar-refractivity contribution in [3.8, 4) is 0 Å². The molecule has 0 atom stereocenters. The van der Waals surface area contributed by atoms with Crippen molar-refractivity contribution < 1.29 is 8.42 Å². The monoisotopic (exact) mass is 302 g/mol. The van der Waals surface area contributed by atoms with Gasteiger partial charge in [0, 0.05) is 12.4 Å². The van der Waals surface area contributed by atoms with Crippen molar-refractivity contribution in [3.05, 3.63) is 52.8 Å². The second kappa shape index (κ2) is 5.14. The molecule has 2 aromatic rings. The van der Waals surface area contributed by atoms with Crippen LogP contribution >= 0.6 is 23.2 Å². The van der Waals surface area contributed by atoms with E-state index in [-0.39, 0.29) is 20.6 Å². The van der Waals surface area contributed by atoms with Crippen LogP contribution in [0.4, 0.5) is 5.69 Å². The van der Waals surface area contributed by atoms with E-state index in [9.17, 15) is 8.42 Å². The van der Waals surface area contributed by atoms with E-state index in [4.69, 9.17) is 23.2 Å². The standard InChI is InChI=1S/C11H8Cl2N2O2S/c12-9-4-1-5-10(11(9)13)15-18(16,17)8-3-2-6-14-7-8/h1-7,15H. The molecule has 0 aliphatic carbocycles. The van der Waals surface area contributed by atoms with Crippen LogP contribution in [0.2, 0.25) is 10.0 Å². The minimum atomic E-state index is -3.71. The van der Waals surface area contributed by atoms with Gasteiger partial charge in [0.1, 0.15) is 4.90 Å². The molecule has 0 fully saturated rings. The van der Waals surface area contributed by atoms with Crippen LogP contribution in [0.1, 0.15) is 0 Å². The Hall–Kier alpha value is -1.30. The second-order valence-corrected chi connectivity index (χ2v) is 5.86. The summed E-state index contributed by atoms with van der Waals surface area (Å²) >= 11 is 11.7. The van der Waals surface area contributed by atoms with Crippen LogP contribution in [0, 0.1) is 0 Å². The zero-order valence-corrected chi connectivity index (χ0v) is 11.3. The maximum absolute atomic E-state index is 12.0. The lowest BCUT2D eigenvalue weighted by molar-refractivity contribution is 0.601. The van der Waals surface area contributed by atoms with Gasteiger partial charge in [0.15, 0.2) is 0 Å². The van der Waals surface area contributed by atoms with Gasteiger partial charge >= 0.3 is 0 Å². The van der Waals surface area contributed by atoms with Crippen LogP contribution in [-0.4, -0.2) is 13.4 Å². The first-order chi connectivity index (χ1) is 8.50. The van der Waals surface area contributed by atoms with Gasteiger partial charge < -0.3 is 0 Å². The molecule has 1 aromatic heterocycles. The fourth-order valence-corrected chi connectivity index (χ4v) is 2.73. The minimum Gasteiger partial charge on any atom is -0.278 e. The molecule has 2 rings (SSSR count).